The lowest BCUT2D eigenvalue weighted by atomic mass is 9.91. The van der Waals surface area contributed by atoms with Crippen LogP contribution >= 0.6 is 0 Å². The molecule has 1 unspecified atom stereocenters. The van der Waals surface area contributed by atoms with Crippen molar-refractivity contribution in [3.63, 3.8) is 0 Å². The third-order valence-electron chi connectivity index (χ3n) is 4.40. The van der Waals surface area contributed by atoms with Crippen molar-refractivity contribution < 1.29 is 18.8 Å². The highest BCUT2D eigenvalue weighted by Gasteiger charge is 2.30. The summed E-state index contributed by atoms with van der Waals surface area (Å²) in [6.45, 7) is 1.11. The van der Waals surface area contributed by atoms with E-state index in [-0.39, 0.29) is 17.9 Å². The first-order chi connectivity index (χ1) is 11.2. The summed E-state index contributed by atoms with van der Waals surface area (Å²) in [7, 11) is 1.57. The molecule has 1 fully saturated rings. The number of carbonyl (C=O) groups excluding carboxylic acids is 2. The molecule has 3 rings (SSSR count). The molecular weight excluding hydrogens is 298 g/mol. The molecule has 1 aromatic rings. The average Bonchev–Trinajstić information content (AvgIpc) is 3.28. The molecule has 0 aliphatic heterocycles. The van der Waals surface area contributed by atoms with Crippen LogP contribution in [0.1, 0.15) is 47.5 Å². The van der Waals surface area contributed by atoms with Crippen molar-refractivity contribution in [2.75, 3.05) is 20.3 Å². The van der Waals surface area contributed by atoms with Crippen LogP contribution in [0, 0.1) is 5.92 Å². The Morgan fingerprint density at radius 3 is 2.91 bits per heavy atom. The number of aryl methyl sites for hydroxylation is 1. The van der Waals surface area contributed by atoms with Gasteiger partial charge in [0.25, 0.3) is 5.91 Å². The molecule has 2 aliphatic carbocycles. The Hall–Kier alpha value is -1.89. The molecule has 126 valence electrons. The summed E-state index contributed by atoms with van der Waals surface area (Å²) in [4.78, 5) is 24.1. The van der Waals surface area contributed by atoms with E-state index in [1.807, 2.05) is 0 Å². The number of carbonyl (C=O) groups is 2. The third kappa shape index (κ3) is 4.10. The number of ether oxygens (including phenoxy) is 1. The van der Waals surface area contributed by atoms with Crippen LogP contribution in [-0.2, 0) is 22.4 Å². The highest BCUT2D eigenvalue weighted by Crippen LogP contribution is 2.28. The molecule has 7 heteroatoms. The van der Waals surface area contributed by atoms with Gasteiger partial charge in [-0.05, 0) is 31.6 Å². The van der Waals surface area contributed by atoms with Gasteiger partial charge in [0.1, 0.15) is 5.76 Å². The number of nitrogens with one attached hydrogen (secondary N) is 2. The standard InChI is InChI=1S/C16H23N3O4/c1-22-7-6-14(20)18-11-4-5-13-12(8-11)15(19-23-13)16(21)17-9-10-2-3-10/h10-11H,2-9H2,1H3,(H,17,21)(H,18,20). The minimum Gasteiger partial charge on any atom is -0.384 e. The van der Waals surface area contributed by atoms with Crippen LogP contribution in [0.5, 0.6) is 0 Å². The van der Waals surface area contributed by atoms with Crippen molar-refractivity contribution in [1.82, 2.24) is 15.8 Å². The monoisotopic (exact) mass is 321 g/mol. The normalized spacial score (nSPS) is 20.0. The van der Waals surface area contributed by atoms with Crippen LogP contribution in [0.2, 0.25) is 0 Å². The maximum absolute atomic E-state index is 12.2. The molecule has 0 spiro atoms. The fourth-order valence-corrected chi connectivity index (χ4v) is 2.84. The summed E-state index contributed by atoms with van der Waals surface area (Å²) in [6.07, 6.45) is 4.79. The molecule has 1 atom stereocenters. The zero-order chi connectivity index (χ0) is 16.2. The smallest absolute Gasteiger partial charge is 0.273 e. The predicted octanol–water partition coefficient (Wildman–Crippen LogP) is 0.824. The summed E-state index contributed by atoms with van der Waals surface area (Å²) in [5.74, 6) is 1.18. The van der Waals surface area contributed by atoms with E-state index in [2.05, 4.69) is 15.8 Å². The highest BCUT2D eigenvalue weighted by molar-refractivity contribution is 5.93. The Balaban J connectivity index is 1.58. The Morgan fingerprint density at radius 2 is 2.17 bits per heavy atom. The van der Waals surface area contributed by atoms with E-state index in [1.54, 1.807) is 7.11 Å². The molecule has 23 heavy (non-hydrogen) atoms. The van der Waals surface area contributed by atoms with Gasteiger partial charge in [-0.1, -0.05) is 5.16 Å². The molecule has 2 amide bonds. The predicted molar refractivity (Wildman–Crippen MR) is 82.0 cm³/mol. The van der Waals surface area contributed by atoms with Gasteiger partial charge in [0, 0.05) is 38.1 Å². The maximum atomic E-state index is 12.2. The van der Waals surface area contributed by atoms with Crippen LogP contribution in [0.25, 0.3) is 0 Å². The first-order valence-electron chi connectivity index (χ1n) is 8.21. The minimum absolute atomic E-state index is 0.0150. The zero-order valence-corrected chi connectivity index (χ0v) is 13.4. The summed E-state index contributed by atoms with van der Waals surface area (Å²) < 4.78 is 10.2. The summed E-state index contributed by atoms with van der Waals surface area (Å²) in [6, 6.07) is 0.0150. The lowest BCUT2D eigenvalue weighted by molar-refractivity contribution is -0.122. The maximum Gasteiger partial charge on any atom is 0.273 e. The molecule has 2 N–H and O–H groups in total. The molecule has 0 bridgehead atoms. The fraction of sp³-hybridized carbons (Fsp3) is 0.688. The van der Waals surface area contributed by atoms with E-state index < -0.39 is 0 Å². The van der Waals surface area contributed by atoms with Gasteiger partial charge >= 0.3 is 0 Å². The molecular formula is C16H23N3O4. The van der Waals surface area contributed by atoms with E-state index in [0.29, 0.717) is 44.0 Å². The third-order valence-corrected chi connectivity index (χ3v) is 4.40. The second-order valence-corrected chi connectivity index (χ2v) is 6.34. The van der Waals surface area contributed by atoms with E-state index >= 15 is 0 Å². The number of fused-ring (bicyclic) bond motifs is 1. The average molecular weight is 321 g/mol. The number of rotatable bonds is 7. The van der Waals surface area contributed by atoms with Gasteiger partial charge in [-0.2, -0.15) is 0 Å². The van der Waals surface area contributed by atoms with Crippen molar-refractivity contribution in [2.24, 2.45) is 5.92 Å². The van der Waals surface area contributed by atoms with Gasteiger partial charge in [0.15, 0.2) is 5.69 Å². The van der Waals surface area contributed by atoms with Crippen molar-refractivity contribution in [3.8, 4) is 0 Å². The zero-order valence-electron chi connectivity index (χ0n) is 13.4. The molecule has 0 saturated heterocycles. The first-order valence-corrected chi connectivity index (χ1v) is 8.21. The lowest BCUT2D eigenvalue weighted by Crippen LogP contribution is -2.39. The lowest BCUT2D eigenvalue weighted by Gasteiger charge is -2.22. The van der Waals surface area contributed by atoms with Crippen molar-refractivity contribution >= 4 is 11.8 Å². The minimum atomic E-state index is -0.173. The number of aromatic nitrogens is 1. The van der Waals surface area contributed by atoms with Crippen LogP contribution in [0.15, 0.2) is 4.52 Å². The van der Waals surface area contributed by atoms with Gasteiger partial charge in [-0.15, -0.1) is 0 Å². The van der Waals surface area contributed by atoms with Crippen molar-refractivity contribution in [2.45, 2.75) is 44.6 Å². The van der Waals surface area contributed by atoms with Gasteiger partial charge in [-0.3, -0.25) is 9.59 Å². The van der Waals surface area contributed by atoms with Crippen LogP contribution < -0.4 is 10.6 Å². The summed E-state index contributed by atoms with van der Waals surface area (Å²) in [5, 5.41) is 9.85. The number of hydrogen-bond acceptors (Lipinski definition) is 5. The Morgan fingerprint density at radius 1 is 1.35 bits per heavy atom. The quantitative estimate of drug-likeness (QED) is 0.776. The Kier molecular flexibility index (Phi) is 4.95. The van der Waals surface area contributed by atoms with E-state index in [1.165, 1.54) is 12.8 Å². The second-order valence-electron chi connectivity index (χ2n) is 6.34. The molecule has 2 aliphatic rings. The Bertz CT molecular complexity index is 580. The Labute approximate surface area is 135 Å². The second kappa shape index (κ2) is 7.12. The van der Waals surface area contributed by atoms with Gasteiger partial charge in [0.2, 0.25) is 5.91 Å². The molecule has 1 aromatic heterocycles. The van der Waals surface area contributed by atoms with Crippen molar-refractivity contribution in [3.05, 3.63) is 17.0 Å². The molecule has 0 radical (unpaired) electrons. The largest absolute Gasteiger partial charge is 0.384 e. The van der Waals surface area contributed by atoms with Gasteiger partial charge < -0.3 is 19.9 Å². The van der Waals surface area contributed by atoms with Crippen LogP contribution in [0.4, 0.5) is 0 Å². The van der Waals surface area contributed by atoms with E-state index in [4.69, 9.17) is 9.26 Å². The van der Waals surface area contributed by atoms with Crippen LogP contribution in [0.3, 0.4) is 0 Å². The van der Waals surface area contributed by atoms with Gasteiger partial charge in [0.05, 0.1) is 6.61 Å². The fourth-order valence-electron chi connectivity index (χ4n) is 2.84. The summed E-state index contributed by atoms with van der Waals surface area (Å²) >= 11 is 0. The SMILES string of the molecule is COCCC(=O)NC1CCc2onc(C(=O)NCC3CC3)c2C1. The number of amides is 2. The van der Waals surface area contributed by atoms with E-state index in [0.717, 1.165) is 17.7 Å². The number of methoxy groups -OCH3 is 1. The molecule has 7 nitrogen and oxygen atoms in total. The number of nitrogens with zero attached hydrogens (tertiary/aromatic N) is 1. The van der Waals surface area contributed by atoms with Crippen LogP contribution in [-0.4, -0.2) is 43.3 Å². The van der Waals surface area contributed by atoms with Gasteiger partial charge in [-0.25, -0.2) is 0 Å². The molecule has 1 saturated carbocycles. The topological polar surface area (TPSA) is 93.5 Å². The number of hydrogen-bond donors (Lipinski definition) is 2. The summed E-state index contributed by atoms with van der Waals surface area (Å²) in [5.41, 5.74) is 1.21. The first kappa shape index (κ1) is 16.0. The highest BCUT2D eigenvalue weighted by atomic mass is 16.5. The molecule has 1 heterocycles. The van der Waals surface area contributed by atoms with E-state index in [9.17, 15) is 9.59 Å². The molecule has 0 aromatic carbocycles. The van der Waals surface area contributed by atoms with Crippen molar-refractivity contribution in [1.29, 1.82) is 0 Å².